The fourth-order valence-corrected chi connectivity index (χ4v) is 5.04. The van der Waals surface area contributed by atoms with Crippen molar-refractivity contribution >= 4 is 34.2 Å². The molecular weight excluding hydrogens is 464 g/mol. The molecule has 35 heavy (non-hydrogen) atoms. The number of rotatable bonds is 5. The molecule has 0 atom stereocenters. The van der Waals surface area contributed by atoms with Crippen LogP contribution in [0, 0.1) is 12.8 Å². The zero-order valence-electron chi connectivity index (χ0n) is 19.4. The van der Waals surface area contributed by atoms with Crippen LogP contribution in [0.25, 0.3) is 16.9 Å². The molecule has 1 fully saturated rings. The summed E-state index contributed by atoms with van der Waals surface area (Å²) < 4.78 is 3.49. The Hall–Kier alpha value is -3.65. The molecule has 0 bridgehead atoms. The molecule has 9 heteroatoms. The van der Waals surface area contributed by atoms with Crippen LogP contribution in [0.1, 0.15) is 41.7 Å². The highest BCUT2D eigenvalue weighted by Gasteiger charge is 2.25. The lowest BCUT2D eigenvalue weighted by Gasteiger charge is -2.29. The number of carbonyl (C=O) groups excluding carboxylic acids is 1. The number of nitrogens with two attached hydrogens (primary N) is 1. The maximum atomic E-state index is 13.5. The number of nitrogen functional groups attached to an aromatic ring is 1. The number of halogens is 1. The van der Waals surface area contributed by atoms with Gasteiger partial charge in [-0.05, 0) is 68.9 Å². The van der Waals surface area contributed by atoms with E-state index in [2.05, 4.69) is 15.3 Å². The predicted octanol–water partition coefficient (Wildman–Crippen LogP) is 4.12. The third-order valence-corrected chi connectivity index (χ3v) is 6.96. The smallest absolute Gasteiger partial charge is 0.334 e. The molecule has 1 saturated carbocycles. The average molecular weight is 491 g/mol. The number of amides is 1. The van der Waals surface area contributed by atoms with Gasteiger partial charge in [0.25, 0.3) is 5.91 Å². The minimum absolute atomic E-state index is 0.0918. The minimum Gasteiger partial charge on any atom is -0.397 e. The van der Waals surface area contributed by atoms with Crippen LogP contribution in [-0.4, -0.2) is 31.1 Å². The van der Waals surface area contributed by atoms with E-state index in [1.807, 2.05) is 28.8 Å². The fraction of sp³-hybridized carbons (Fsp3) is 0.308. The van der Waals surface area contributed by atoms with Crippen molar-refractivity contribution in [3.63, 3.8) is 0 Å². The molecule has 1 aliphatic carbocycles. The Morgan fingerprint density at radius 3 is 2.54 bits per heavy atom. The monoisotopic (exact) mass is 490 g/mol. The number of pyridine rings is 2. The van der Waals surface area contributed by atoms with Crippen LogP contribution in [0.15, 0.2) is 59.7 Å². The first-order valence-corrected chi connectivity index (χ1v) is 12.1. The lowest BCUT2D eigenvalue weighted by atomic mass is 9.85. The summed E-state index contributed by atoms with van der Waals surface area (Å²) in [6.45, 7) is 2.43. The van der Waals surface area contributed by atoms with E-state index in [0.717, 1.165) is 36.7 Å². The molecule has 4 aromatic rings. The quantitative estimate of drug-likeness (QED) is 0.437. The van der Waals surface area contributed by atoms with E-state index in [4.69, 9.17) is 17.3 Å². The van der Waals surface area contributed by atoms with Gasteiger partial charge in [0, 0.05) is 18.8 Å². The molecule has 0 aliphatic heterocycles. The molecule has 1 aliphatic rings. The Kier molecular flexibility index (Phi) is 6.30. The number of aryl methyl sites for hydroxylation is 1. The van der Waals surface area contributed by atoms with Crippen molar-refractivity contribution in [2.24, 2.45) is 5.92 Å². The Balaban J connectivity index is 1.30. The molecule has 3 heterocycles. The maximum absolute atomic E-state index is 13.5. The van der Waals surface area contributed by atoms with E-state index < -0.39 is 0 Å². The summed E-state index contributed by atoms with van der Waals surface area (Å²) in [4.78, 5) is 34.7. The van der Waals surface area contributed by atoms with Crippen molar-refractivity contribution in [1.29, 1.82) is 0 Å². The van der Waals surface area contributed by atoms with Gasteiger partial charge in [-0.15, -0.1) is 0 Å². The van der Waals surface area contributed by atoms with Crippen molar-refractivity contribution in [2.45, 2.75) is 45.2 Å². The number of fused-ring (bicyclic) bond motifs is 1. The molecule has 3 aromatic heterocycles. The number of hydrogen-bond donors (Lipinski definition) is 2. The summed E-state index contributed by atoms with van der Waals surface area (Å²) in [6, 6.07) is 13.0. The molecule has 5 rings (SSSR count). The van der Waals surface area contributed by atoms with Crippen LogP contribution in [0.2, 0.25) is 5.02 Å². The van der Waals surface area contributed by atoms with Crippen molar-refractivity contribution < 1.29 is 4.79 Å². The number of carbonyl (C=O) groups is 1. The highest BCUT2D eigenvalue weighted by molar-refractivity contribution is 6.30. The van der Waals surface area contributed by atoms with Gasteiger partial charge < -0.3 is 11.1 Å². The highest BCUT2D eigenvalue weighted by atomic mass is 35.5. The van der Waals surface area contributed by atoms with Gasteiger partial charge in [0.1, 0.15) is 5.82 Å². The van der Waals surface area contributed by atoms with E-state index in [9.17, 15) is 9.59 Å². The zero-order chi connectivity index (χ0) is 24.5. The summed E-state index contributed by atoms with van der Waals surface area (Å²) in [6.07, 6.45) is 6.66. The van der Waals surface area contributed by atoms with Gasteiger partial charge in [0.05, 0.1) is 39.2 Å². The molecule has 1 aromatic carbocycles. The first-order valence-electron chi connectivity index (χ1n) is 11.8. The molecule has 0 spiro atoms. The Morgan fingerprint density at radius 2 is 1.83 bits per heavy atom. The Bertz CT molecular complexity index is 1430. The standard InChI is InChI=1S/C26H27ClN6O2/c1-16-21(12-18(27)13-29-16)25(34)31-20-9-6-17(7-10-20)15-32-22-4-2-3-5-23(22)33(26(32)35)24-11-8-19(28)14-30-24/h2-5,8,11-14,17,20H,6-7,9-10,15,28H2,1H3,(H,31,34). The Morgan fingerprint density at radius 1 is 1.09 bits per heavy atom. The second-order valence-electron chi connectivity index (χ2n) is 9.14. The zero-order valence-corrected chi connectivity index (χ0v) is 20.2. The molecule has 0 unspecified atom stereocenters. The normalized spacial score (nSPS) is 18.0. The van der Waals surface area contributed by atoms with E-state index in [-0.39, 0.29) is 17.6 Å². The number of nitrogens with one attached hydrogen (secondary N) is 1. The van der Waals surface area contributed by atoms with Crippen molar-refractivity contribution in [2.75, 3.05) is 5.73 Å². The topological polar surface area (TPSA) is 108 Å². The van der Waals surface area contributed by atoms with Crippen LogP contribution in [0.4, 0.5) is 5.69 Å². The first-order chi connectivity index (χ1) is 16.9. The van der Waals surface area contributed by atoms with E-state index >= 15 is 0 Å². The van der Waals surface area contributed by atoms with Crippen molar-refractivity contribution in [3.8, 4) is 5.82 Å². The highest BCUT2D eigenvalue weighted by Crippen LogP contribution is 2.27. The van der Waals surface area contributed by atoms with Crippen molar-refractivity contribution in [1.82, 2.24) is 24.4 Å². The van der Waals surface area contributed by atoms with Gasteiger partial charge >= 0.3 is 5.69 Å². The van der Waals surface area contributed by atoms with E-state index in [1.165, 1.54) is 0 Å². The summed E-state index contributed by atoms with van der Waals surface area (Å²) in [5.41, 5.74) is 9.10. The maximum Gasteiger partial charge on any atom is 0.334 e. The molecule has 1 amide bonds. The van der Waals surface area contributed by atoms with Crippen molar-refractivity contribution in [3.05, 3.63) is 81.6 Å². The molecule has 3 N–H and O–H groups in total. The molecule has 0 saturated heterocycles. The third-order valence-electron chi connectivity index (χ3n) is 6.76. The van der Waals surface area contributed by atoms with E-state index in [0.29, 0.717) is 40.2 Å². The number of benzene rings is 1. The number of nitrogens with zero attached hydrogens (tertiary/aromatic N) is 4. The van der Waals surface area contributed by atoms with E-state index in [1.54, 1.807) is 42.1 Å². The van der Waals surface area contributed by atoms with Crippen LogP contribution in [-0.2, 0) is 6.54 Å². The summed E-state index contributed by atoms with van der Waals surface area (Å²) in [5.74, 6) is 0.752. The second-order valence-corrected chi connectivity index (χ2v) is 9.58. The SMILES string of the molecule is Cc1ncc(Cl)cc1C(=O)NC1CCC(Cn2c(=O)n(-c3ccc(N)cn3)c3ccccc32)CC1. The second kappa shape index (κ2) is 9.54. The summed E-state index contributed by atoms with van der Waals surface area (Å²) in [7, 11) is 0. The van der Waals surface area contributed by atoms with Gasteiger partial charge in [-0.3, -0.25) is 14.3 Å². The largest absolute Gasteiger partial charge is 0.397 e. The molecular formula is C26H27ClN6O2. The van der Waals surface area contributed by atoms with Crippen LogP contribution in [0.5, 0.6) is 0 Å². The van der Waals surface area contributed by atoms with Crippen LogP contribution < -0.4 is 16.7 Å². The molecule has 180 valence electrons. The lowest BCUT2D eigenvalue weighted by Crippen LogP contribution is -2.39. The van der Waals surface area contributed by atoms with Gasteiger partial charge in [-0.1, -0.05) is 23.7 Å². The van der Waals surface area contributed by atoms with Gasteiger partial charge in [0.15, 0.2) is 0 Å². The minimum atomic E-state index is -0.142. The number of anilines is 1. The number of imidazole rings is 1. The van der Waals surface area contributed by atoms with Gasteiger partial charge in [-0.25, -0.2) is 14.3 Å². The summed E-state index contributed by atoms with van der Waals surface area (Å²) >= 11 is 6.02. The van der Waals surface area contributed by atoms with Gasteiger partial charge in [-0.2, -0.15) is 0 Å². The Labute approximate surface area is 207 Å². The lowest BCUT2D eigenvalue weighted by molar-refractivity contribution is 0.0919. The first kappa shape index (κ1) is 23.1. The summed E-state index contributed by atoms with van der Waals surface area (Å²) in [5, 5.41) is 3.58. The number of aromatic nitrogens is 4. The van der Waals surface area contributed by atoms with Gasteiger partial charge in [0.2, 0.25) is 0 Å². The third kappa shape index (κ3) is 4.66. The fourth-order valence-electron chi connectivity index (χ4n) is 4.88. The van der Waals surface area contributed by atoms with Crippen LogP contribution >= 0.6 is 11.6 Å². The average Bonchev–Trinajstić information content (AvgIpc) is 3.13. The molecule has 8 nitrogen and oxygen atoms in total. The number of hydrogen-bond acceptors (Lipinski definition) is 5. The number of para-hydroxylation sites is 2. The predicted molar refractivity (Wildman–Crippen MR) is 137 cm³/mol. The molecule has 0 radical (unpaired) electrons. The van der Waals surface area contributed by atoms with Crippen LogP contribution in [0.3, 0.4) is 0 Å².